The zero-order valence-corrected chi connectivity index (χ0v) is 15.0. The molecule has 0 spiro atoms. The van der Waals surface area contributed by atoms with Crippen LogP contribution in [0.2, 0.25) is 0 Å². The van der Waals surface area contributed by atoms with Gasteiger partial charge in [-0.05, 0) is 23.8 Å². The van der Waals surface area contributed by atoms with Crippen LogP contribution in [0.1, 0.15) is 16.1 Å². The minimum absolute atomic E-state index is 0.0921. The number of rotatable bonds is 4. The molecule has 136 valence electrons. The number of methoxy groups -OCH3 is 1. The van der Waals surface area contributed by atoms with E-state index in [1.807, 2.05) is 48.5 Å². The van der Waals surface area contributed by atoms with Crippen molar-refractivity contribution in [3.8, 4) is 11.5 Å². The quantitative estimate of drug-likeness (QED) is 0.566. The number of fused-ring (bicyclic) bond motifs is 3. The minimum Gasteiger partial charge on any atom is -0.505 e. The Kier molecular flexibility index (Phi) is 3.96. The van der Waals surface area contributed by atoms with Gasteiger partial charge in [-0.3, -0.25) is 9.59 Å². The molecule has 0 amide bonds. The highest BCUT2D eigenvalue weighted by molar-refractivity contribution is 6.09. The van der Waals surface area contributed by atoms with Gasteiger partial charge in [-0.25, -0.2) is 0 Å². The van der Waals surface area contributed by atoms with E-state index in [9.17, 15) is 14.7 Å². The molecule has 2 aromatic heterocycles. The van der Waals surface area contributed by atoms with Crippen molar-refractivity contribution in [1.82, 2.24) is 9.13 Å². The van der Waals surface area contributed by atoms with Crippen LogP contribution in [-0.2, 0) is 13.6 Å². The molecule has 6 nitrogen and oxygen atoms in total. The first-order valence-electron chi connectivity index (χ1n) is 8.47. The van der Waals surface area contributed by atoms with Crippen LogP contribution in [0.5, 0.6) is 11.5 Å². The number of ether oxygens (including phenoxy) is 1. The largest absolute Gasteiger partial charge is 0.505 e. The van der Waals surface area contributed by atoms with Gasteiger partial charge in [-0.15, -0.1) is 0 Å². The number of carbonyl (C=O) groups is 1. The Morgan fingerprint density at radius 1 is 1.11 bits per heavy atom. The molecule has 0 fully saturated rings. The lowest BCUT2D eigenvalue weighted by molar-refractivity contribution is 0.111. The highest BCUT2D eigenvalue weighted by Crippen LogP contribution is 2.33. The number of aryl methyl sites for hydroxylation is 1. The van der Waals surface area contributed by atoms with Crippen molar-refractivity contribution in [2.45, 2.75) is 6.54 Å². The minimum atomic E-state index is -0.333. The number of hydrogen-bond donors (Lipinski definition) is 1. The molecule has 2 heterocycles. The van der Waals surface area contributed by atoms with Crippen molar-refractivity contribution in [3.05, 3.63) is 70.1 Å². The molecule has 0 unspecified atom stereocenters. The second kappa shape index (κ2) is 6.32. The Morgan fingerprint density at radius 3 is 2.48 bits per heavy atom. The first-order valence-corrected chi connectivity index (χ1v) is 8.47. The number of nitrogens with zero attached hydrogens (tertiary/aromatic N) is 2. The fourth-order valence-corrected chi connectivity index (χ4v) is 3.56. The van der Waals surface area contributed by atoms with E-state index in [0.717, 1.165) is 22.2 Å². The molecular formula is C21H18N2O4. The van der Waals surface area contributed by atoms with Gasteiger partial charge in [0.25, 0.3) is 5.56 Å². The third kappa shape index (κ3) is 2.49. The van der Waals surface area contributed by atoms with Crippen LogP contribution >= 0.6 is 0 Å². The van der Waals surface area contributed by atoms with Crippen molar-refractivity contribution in [2.24, 2.45) is 7.05 Å². The number of aromatic nitrogens is 2. The van der Waals surface area contributed by atoms with E-state index in [4.69, 9.17) is 4.74 Å². The molecule has 0 saturated carbocycles. The SMILES string of the molecule is COc1ccc(Cn2c(=O)c3c(O)c(C=O)n(C)c3c3ccccc32)cc1. The molecule has 27 heavy (non-hydrogen) atoms. The monoisotopic (exact) mass is 362 g/mol. The van der Waals surface area contributed by atoms with E-state index in [0.29, 0.717) is 18.3 Å². The fraction of sp³-hybridized carbons (Fsp3) is 0.143. The molecule has 0 radical (unpaired) electrons. The maximum absolute atomic E-state index is 13.2. The number of carbonyl (C=O) groups excluding carboxylic acids is 1. The average molecular weight is 362 g/mol. The van der Waals surface area contributed by atoms with Crippen LogP contribution < -0.4 is 10.3 Å². The van der Waals surface area contributed by atoms with Crippen molar-refractivity contribution in [3.63, 3.8) is 0 Å². The summed E-state index contributed by atoms with van der Waals surface area (Å²) in [7, 11) is 3.27. The molecule has 0 aliphatic rings. The Labute approximate surface area is 154 Å². The number of benzene rings is 2. The van der Waals surface area contributed by atoms with Crippen LogP contribution in [0.25, 0.3) is 21.8 Å². The lowest BCUT2D eigenvalue weighted by Crippen LogP contribution is -2.21. The van der Waals surface area contributed by atoms with Gasteiger partial charge in [0.2, 0.25) is 0 Å². The standard InChI is InChI=1S/C21H18N2O4/c1-22-17(12-24)20(25)18-19(22)15-5-3-4-6-16(15)23(21(18)26)11-13-7-9-14(27-2)10-8-13/h3-10,12,25H,11H2,1-2H3. The van der Waals surface area contributed by atoms with E-state index in [1.165, 1.54) is 0 Å². The second-order valence-electron chi connectivity index (χ2n) is 6.39. The van der Waals surface area contributed by atoms with Crippen LogP contribution in [0, 0.1) is 0 Å². The molecule has 0 aliphatic heterocycles. The summed E-state index contributed by atoms with van der Waals surface area (Å²) >= 11 is 0. The molecule has 0 saturated heterocycles. The zero-order valence-electron chi connectivity index (χ0n) is 15.0. The van der Waals surface area contributed by atoms with Crippen LogP contribution in [0.3, 0.4) is 0 Å². The molecule has 4 aromatic rings. The van der Waals surface area contributed by atoms with E-state index in [2.05, 4.69) is 0 Å². The molecule has 0 aliphatic carbocycles. The Morgan fingerprint density at radius 2 is 1.81 bits per heavy atom. The second-order valence-corrected chi connectivity index (χ2v) is 6.39. The van der Waals surface area contributed by atoms with Crippen molar-refractivity contribution in [2.75, 3.05) is 7.11 Å². The highest BCUT2D eigenvalue weighted by atomic mass is 16.5. The summed E-state index contributed by atoms with van der Waals surface area (Å²) in [6, 6.07) is 14.9. The van der Waals surface area contributed by atoms with Crippen LogP contribution in [0.15, 0.2) is 53.3 Å². The number of aldehydes is 1. The molecule has 0 bridgehead atoms. The summed E-state index contributed by atoms with van der Waals surface area (Å²) in [5.41, 5.74) is 1.98. The van der Waals surface area contributed by atoms with Gasteiger partial charge < -0.3 is 19.0 Å². The molecule has 2 aromatic carbocycles. The molecule has 4 rings (SSSR count). The third-order valence-electron chi connectivity index (χ3n) is 4.93. The average Bonchev–Trinajstić information content (AvgIpc) is 2.95. The summed E-state index contributed by atoms with van der Waals surface area (Å²) < 4.78 is 8.37. The first-order chi connectivity index (χ1) is 13.1. The lowest BCUT2D eigenvalue weighted by atomic mass is 10.1. The summed E-state index contributed by atoms with van der Waals surface area (Å²) in [6.45, 7) is 0.337. The van der Waals surface area contributed by atoms with Gasteiger partial charge in [0.05, 0.1) is 24.7 Å². The number of aromatic hydroxyl groups is 1. The van der Waals surface area contributed by atoms with Crippen LogP contribution in [0.4, 0.5) is 0 Å². The predicted molar refractivity (Wildman–Crippen MR) is 104 cm³/mol. The van der Waals surface area contributed by atoms with E-state index < -0.39 is 0 Å². The van der Waals surface area contributed by atoms with Gasteiger partial charge in [0.15, 0.2) is 12.0 Å². The topological polar surface area (TPSA) is 73.5 Å². The normalized spacial score (nSPS) is 11.2. The Hall–Kier alpha value is -3.54. The summed E-state index contributed by atoms with van der Waals surface area (Å²) in [5, 5.41) is 11.4. The maximum Gasteiger partial charge on any atom is 0.264 e. The molecular weight excluding hydrogens is 344 g/mol. The Bertz CT molecular complexity index is 1230. The third-order valence-corrected chi connectivity index (χ3v) is 4.93. The van der Waals surface area contributed by atoms with Gasteiger partial charge in [0, 0.05) is 12.4 Å². The van der Waals surface area contributed by atoms with Gasteiger partial charge in [-0.1, -0.05) is 30.3 Å². The number of para-hydroxylation sites is 1. The van der Waals surface area contributed by atoms with Gasteiger partial charge >= 0.3 is 0 Å². The van der Waals surface area contributed by atoms with Crippen LogP contribution in [-0.4, -0.2) is 27.6 Å². The maximum atomic E-state index is 13.2. The molecule has 0 atom stereocenters. The van der Waals surface area contributed by atoms with Crippen molar-refractivity contribution >= 4 is 28.1 Å². The first kappa shape index (κ1) is 16.9. The summed E-state index contributed by atoms with van der Waals surface area (Å²) in [6.07, 6.45) is 0.567. The van der Waals surface area contributed by atoms with E-state index in [1.54, 1.807) is 23.3 Å². The highest BCUT2D eigenvalue weighted by Gasteiger charge is 2.21. The Balaban J connectivity index is 2.04. The predicted octanol–water partition coefficient (Wildman–Crippen LogP) is 3.07. The number of pyridine rings is 1. The summed E-state index contributed by atoms with van der Waals surface area (Å²) in [4.78, 5) is 24.6. The van der Waals surface area contributed by atoms with Crippen molar-refractivity contribution < 1.29 is 14.6 Å². The van der Waals surface area contributed by atoms with Crippen molar-refractivity contribution in [1.29, 1.82) is 0 Å². The molecule has 1 N–H and O–H groups in total. The number of hydrogen-bond acceptors (Lipinski definition) is 4. The van der Waals surface area contributed by atoms with Gasteiger partial charge in [0.1, 0.15) is 16.8 Å². The smallest absolute Gasteiger partial charge is 0.264 e. The summed E-state index contributed by atoms with van der Waals surface area (Å²) in [5.74, 6) is 0.462. The van der Waals surface area contributed by atoms with E-state index in [-0.39, 0.29) is 22.4 Å². The molecule has 6 heteroatoms. The fourth-order valence-electron chi connectivity index (χ4n) is 3.56. The van der Waals surface area contributed by atoms with E-state index >= 15 is 0 Å². The van der Waals surface area contributed by atoms with Gasteiger partial charge in [-0.2, -0.15) is 0 Å². The zero-order chi connectivity index (χ0) is 19.1. The lowest BCUT2D eigenvalue weighted by Gasteiger charge is -2.13.